The maximum atomic E-state index is 11.8. The van der Waals surface area contributed by atoms with Crippen molar-refractivity contribution >= 4 is 29.1 Å². The van der Waals surface area contributed by atoms with Crippen molar-refractivity contribution in [3.05, 3.63) is 51.7 Å². The number of carbonyl (C=O) groups excluding carboxylic acids is 1. The van der Waals surface area contributed by atoms with Crippen molar-refractivity contribution in [3.63, 3.8) is 0 Å². The number of benzene rings is 1. The van der Waals surface area contributed by atoms with Crippen LogP contribution in [0.3, 0.4) is 0 Å². The van der Waals surface area contributed by atoms with Gasteiger partial charge in [-0.3, -0.25) is 4.79 Å². The van der Waals surface area contributed by atoms with E-state index in [1.807, 2.05) is 0 Å². The van der Waals surface area contributed by atoms with Crippen molar-refractivity contribution in [2.24, 2.45) is 0 Å². The Morgan fingerprint density at radius 1 is 1.37 bits per heavy atom. The number of carbonyl (C=O) groups is 1. The van der Waals surface area contributed by atoms with Crippen molar-refractivity contribution in [2.45, 2.75) is 13.3 Å². The van der Waals surface area contributed by atoms with Gasteiger partial charge in [0.1, 0.15) is 6.26 Å². The van der Waals surface area contributed by atoms with Crippen LogP contribution in [-0.4, -0.2) is 17.4 Å². The molecule has 0 fully saturated rings. The Morgan fingerprint density at radius 3 is 2.79 bits per heavy atom. The van der Waals surface area contributed by atoms with Gasteiger partial charge in [0.05, 0.1) is 15.7 Å². The fourth-order valence-electron chi connectivity index (χ4n) is 1.57. The van der Waals surface area contributed by atoms with Crippen LogP contribution in [0.1, 0.15) is 21.9 Å². The van der Waals surface area contributed by atoms with E-state index in [4.69, 9.17) is 27.6 Å². The molecular weight excluding hydrogens is 287 g/mol. The minimum Gasteiger partial charge on any atom is -0.449 e. The molecule has 0 unspecified atom stereocenters. The summed E-state index contributed by atoms with van der Waals surface area (Å²) in [6.45, 7) is 2.25. The van der Waals surface area contributed by atoms with Crippen LogP contribution >= 0.6 is 23.2 Å². The first-order chi connectivity index (χ1) is 9.06. The molecule has 4 nitrogen and oxygen atoms in total. The van der Waals surface area contributed by atoms with Crippen LogP contribution in [0, 0.1) is 6.92 Å². The SMILES string of the molecule is Cc1nc(CCNC(=O)c2ccc(Cl)c(Cl)c2)co1. The molecule has 0 aliphatic heterocycles. The molecule has 0 aliphatic rings. The molecule has 0 radical (unpaired) electrons. The van der Waals surface area contributed by atoms with Crippen molar-refractivity contribution in [2.75, 3.05) is 6.54 Å². The second-order valence-corrected chi connectivity index (χ2v) is 4.81. The quantitative estimate of drug-likeness (QED) is 0.942. The third kappa shape index (κ3) is 3.72. The summed E-state index contributed by atoms with van der Waals surface area (Å²) in [6, 6.07) is 4.77. The molecule has 0 bridgehead atoms. The molecule has 2 rings (SSSR count). The first-order valence-corrected chi connectivity index (χ1v) is 6.46. The van der Waals surface area contributed by atoms with Gasteiger partial charge in [-0.1, -0.05) is 23.2 Å². The molecule has 6 heteroatoms. The molecule has 1 aromatic heterocycles. The van der Waals surface area contributed by atoms with E-state index in [9.17, 15) is 4.79 Å². The van der Waals surface area contributed by atoms with Gasteiger partial charge in [0.25, 0.3) is 5.91 Å². The van der Waals surface area contributed by atoms with Crippen molar-refractivity contribution in [1.82, 2.24) is 10.3 Å². The second-order valence-electron chi connectivity index (χ2n) is 3.99. The monoisotopic (exact) mass is 298 g/mol. The molecule has 1 N–H and O–H groups in total. The average molecular weight is 299 g/mol. The van der Waals surface area contributed by atoms with Gasteiger partial charge in [-0.15, -0.1) is 0 Å². The van der Waals surface area contributed by atoms with Crippen molar-refractivity contribution < 1.29 is 9.21 Å². The third-order valence-electron chi connectivity index (χ3n) is 2.52. The maximum Gasteiger partial charge on any atom is 0.251 e. The number of aromatic nitrogens is 1. The Morgan fingerprint density at radius 2 is 2.16 bits per heavy atom. The van der Waals surface area contributed by atoms with Gasteiger partial charge in [0.2, 0.25) is 0 Å². The summed E-state index contributed by atoms with van der Waals surface area (Å²) in [5.74, 6) is 0.421. The van der Waals surface area contributed by atoms with E-state index in [-0.39, 0.29) is 5.91 Å². The summed E-state index contributed by atoms with van der Waals surface area (Å²) < 4.78 is 5.08. The molecule has 100 valence electrons. The summed E-state index contributed by atoms with van der Waals surface area (Å²) >= 11 is 11.6. The molecule has 0 saturated heterocycles. The number of hydrogen-bond donors (Lipinski definition) is 1. The molecular formula is C13H12Cl2N2O2. The van der Waals surface area contributed by atoms with Crippen molar-refractivity contribution in [3.8, 4) is 0 Å². The first kappa shape index (κ1) is 13.9. The lowest BCUT2D eigenvalue weighted by Gasteiger charge is -2.05. The molecule has 0 atom stereocenters. The Hall–Kier alpha value is -1.52. The van der Waals surface area contributed by atoms with Crippen LogP contribution in [0.25, 0.3) is 0 Å². The van der Waals surface area contributed by atoms with Crippen molar-refractivity contribution in [1.29, 1.82) is 0 Å². The molecule has 19 heavy (non-hydrogen) atoms. The average Bonchev–Trinajstić information content (AvgIpc) is 2.78. The van der Waals surface area contributed by atoms with Gasteiger partial charge in [0.15, 0.2) is 5.89 Å². The lowest BCUT2D eigenvalue weighted by Crippen LogP contribution is -2.25. The van der Waals surface area contributed by atoms with Gasteiger partial charge >= 0.3 is 0 Å². The summed E-state index contributed by atoms with van der Waals surface area (Å²) in [5, 5.41) is 3.57. The summed E-state index contributed by atoms with van der Waals surface area (Å²) in [7, 11) is 0. The maximum absolute atomic E-state index is 11.8. The zero-order chi connectivity index (χ0) is 13.8. The molecule has 2 aromatic rings. The Kier molecular flexibility index (Phi) is 4.45. The minimum atomic E-state index is -0.196. The lowest BCUT2D eigenvalue weighted by molar-refractivity contribution is 0.0954. The highest BCUT2D eigenvalue weighted by Crippen LogP contribution is 2.22. The van der Waals surface area contributed by atoms with Crippen LogP contribution in [0.2, 0.25) is 10.0 Å². The van der Waals surface area contributed by atoms with Crippen LogP contribution in [0.4, 0.5) is 0 Å². The smallest absolute Gasteiger partial charge is 0.251 e. The number of aryl methyl sites for hydroxylation is 1. The Bertz CT molecular complexity index is 596. The van der Waals surface area contributed by atoms with Gasteiger partial charge in [0, 0.05) is 25.5 Å². The number of nitrogens with one attached hydrogen (secondary N) is 1. The standard InChI is InChI=1S/C13H12Cl2N2O2/c1-8-17-10(7-19-8)4-5-16-13(18)9-2-3-11(14)12(15)6-9/h2-3,6-7H,4-5H2,1H3,(H,16,18). The van der Waals surface area contributed by atoms with Gasteiger partial charge in [-0.2, -0.15) is 0 Å². The van der Waals surface area contributed by atoms with Crippen LogP contribution in [0.15, 0.2) is 28.9 Å². The van der Waals surface area contributed by atoms with E-state index in [0.29, 0.717) is 34.5 Å². The second kappa shape index (κ2) is 6.08. The van der Waals surface area contributed by atoms with Crippen LogP contribution in [0.5, 0.6) is 0 Å². The summed E-state index contributed by atoms with van der Waals surface area (Å²) in [4.78, 5) is 16.0. The third-order valence-corrected chi connectivity index (χ3v) is 3.25. The van der Waals surface area contributed by atoms with Gasteiger partial charge < -0.3 is 9.73 Å². The highest BCUT2D eigenvalue weighted by Gasteiger charge is 2.08. The zero-order valence-electron chi connectivity index (χ0n) is 10.2. The Balaban J connectivity index is 1.89. The number of rotatable bonds is 4. The fourth-order valence-corrected chi connectivity index (χ4v) is 1.86. The van der Waals surface area contributed by atoms with E-state index in [1.165, 1.54) is 0 Å². The molecule has 0 spiro atoms. The molecule has 1 amide bonds. The highest BCUT2D eigenvalue weighted by molar-refractivity contribution is 6.42. The van der Waals surface area contributed by atoms with Gasteiger partial charge in [-0.05, 0) is 18.2 Å². The number of oxazole rings is 1. The fraction of sp³-hybridized carbons (Fsp3) is 0.231. The molecule has 0 aliphatic carbocycles. The van der Waals surface area contributed by atoms with E-state index in [1.54, 1.807) is 31.4 Å². The molecule has 0 saturated carbocycles. The topological polar surface area (TPSA) is 55.1 Å². The predicted molar refractivity (Wildman–Crippen MR) is 73.7 cm³/mol. The highest BCUT2D eigenvalue weighted by atomic mass is 35.5. The normalized spacial score (nSPS) is 10.5. The summed E-state index contributed by atoms with van der Waals surface area (Å²) in [6.07, 6.45) is 2.20. The van der Waals surface area contributed by atoms with E-state index < -0.39 is 0 Å². The van der Waals surface area contributed by atoms with Crippen LogP contribution in [-0.2, 0) is 6.42 Å². The number of hydrogen-bond acceptors (Lipinski definition) is 3. The number of halogens is 2. The molecule has 1 aromatic carbocycles. The Labute approximate surface area is 120 Å². The zero-order valence-corrected chi connectivity index (χ0v) is 11.8. The minimum absolute atomic E-state index is 0.196. The van der Waals surface area contributed by atoms with E-state index in [2.05, 4.69) is 10.3 Å². The lowest BCUT2D eigenvalue weighted by atomic mass is 10.2. The largest absolute Gasteiger partial charge is 0.449 e. The van der Waals surface area contributed by atoms with E-state index in [0.717, 1.165) is 5.69 Å². The predicted octanol–water partition coefficient (Wildman–Crippen LogP) is 3.26. The summed E-state index contributed by atoms with van der Waals surface area (Å²) in [5.41, 5.74) is 1.29. The first-order valence-electron chi connectivity index (χ1n) is 5.70. The molecule has 1 heterocycles. The number of nitrogens with zero attached hydrogens (tertiary/aromatic N) is 1. The van der Waals surface area contributed by atoms with Gasteiger partial charge in [-0.25, -0.2) is 4.98 Å². The van der Waals surface area contributed by atoms with Crippen LogP contribution < -0.4 is 5.32 Å². The van der Waals surface area contributed by atoms with E-state index >= 15 is 0 Å². The number of amides is 1.